The molecular weight excluding hydrogens is 460 g/mol. The van der Waals surface area contributed by atoms with E-state index in [2.05, 4.69) is 22.6 Å². The molecule has 0 aliphatic heterocycles. The molecule has 0 bridgehead atoms. The Morgan fingerprint density at radius 1 is 1.15 bits per heavy atom. The average molecular weight is 487 g/mol. The number of hydrogen-bond acceptors (Lipinski definition) is 8. The smallest absolute Gasteiger partial charge is 0.341 e. The molecule has 0 spiro atoms. The molecule has 3 heterocycles. The van der Waals surface area contributed by atoms with Gasteiger partial charge < -0.3 is 10.1 Å². The zero-order valence-corrected chi connectivity index (χ0v) is 20.4. The van der Waals surface area contributed by atoms with Crippen molar-refractivity contribution in [1.29, 1.82) is 0 Å². The highest BCUT2D eigenvalue weighted by Crippen LogP contribution is 2.39. The topological polar surface area (TPSA) is 103 Å². The van der Waals surface area contributed by atoms with E-state index in [0.29, 0.717) is 26.7 Å². The van der Waals surface area contributed by atoms with Crippen LogP contribution >= 0.6 is 22.7 Å². The number of thiophene rings is 2. The van der Waals surface area contributed by atoms with Gasteiger partial charge in [0.15, 0.2) is 4.83 Å². The summed E-state index contributed by atoms with van der Waals surface area (Å²) in [6, 6.07) is 0. The maximum Gasteiger partial charge on any atom is 0.341 e. The second kappa shape index (κ2) is 8.98. The number of aromatic nitrogens is 3. The van der Waals surface area contributed by atoms with Crippen LogP contribution in [0.1, 0.15) is 64.3 Å². The highest BCUT2D eigenvalue weighted by atomic mass is 32.1. The molecule has 0 radical (unpaired) electrons. The third-order valence-electron chi connectivity index (χ3n) is 6.38. The van der Waals surface area contributed by atoms with Crippen LogP contribution in [0, 0.1) is 5.92 Å². The first-order valence-corrected chi connectivity index (χ1v) is 13.1. The Hall–Kier alpha value is -2.59. The average Bonchev–Trinajstić information content (AvgIpc) is 3.33. The van der Waals surface area contributed by atoms with E-state index in [1.54, 1.807) is 6.92 Å². The van der Waals surface area contributed by atoms with Gasteiger partial charge in [-0.15, -0.1) is 27.8 Å². The molecule has 0 aromatic carbocycles. The number of rotatable bonds is 5. The van der Waals surface area contributed by atoms with Crippen LogP contribution in [0.3, 0.4) is 0 Å². The minimum atomic E-state index is -0.412. The first-order valence-electron chi connectivity index (χ1n) is 11.5. The number of nitrogens with one attached hydrogen (secondary N) is 1. The molecule has 1 unspecified atom stereocenters. The Kier molecular flexibility index (Phi) is 6.05. The SMILES string of the molecule is CCOC(=O)c1c(NC(=O)Cn2nnc3sc4c(c3c2=O)CCC(C)C4)sc2c1CCCC2. The van der Waals surface area contributed by atoms with Crippen LogP contribution in [-0.4, -0.2) is 33.5 Å². The van der Waals surface area contributed by atoms with Crippen molar-refractivity contribution in [3.8, 4) is 0 Å². The lowest BCUT2D eigenvalue weighted by Crippen LogP contribution is -2.31. The van der Waals surface area contributed by atoms with E-state index in [9.17, 15) is 14.4 Å². The summed E-state index contributed by atoms with van der Waals surface area (Å²) in [6.07, 6.45) is 6.63. The molecule has 5 rings (SSSR count). The highest BCUT2D eigenvalue weighted by molar-refractivity contribution is 7.18. The fourth-order valence-electron chi connectivity index (χ4n) is 4.77. The zero-order chi connectivity index (χ0) is 23.1. The van der Waals surface area contributed by atoms with Gasteiger partial charge in [0.1, 0.15) is 11.5 Å². The van der Waals surface area contributed by atoms with Gasteiger partial charge in [-0.3, -0.25) is 9.59 Å². The van der Waals surface area contributed by atoms with E-state index in [0.717, 1.165) is 65.6 Å². The summed E-state index contributed by atoms with van der Waals surface area (Å²) >= 11 is 2.96. The Balaban J connectivity index is 1.42. The number of ether oxygens (including phenoxy) is 1. The van der Waals surface area contributed by atoms with Gasteiger partial charge in [-0.1, -0.05) is 12.1 Å². The van der Waals surface area contributed by atoms with E-state index in [1.165, 1.54) is 27.6 Å². The van der Waals surface area contributed by atoms with Crippen molar-refractivity contribution < 1.29 is 14.3 Å². The summed E-state index contributed by atoms with van der Waals surface area (Å²) in [6.45, 7) is 3.99. The van der Waals surface area contributed by atoms with Crippen LogP contribution in [-0.2, 0) is 41.8 Å². The standard InChI is InChI=1S/C23H26N4O4S2/c1-3-31-23(30)19-13-6-4-5-7-15(13)32-20(19)24-17(28)11-27-22(29)18-14-9-8-12(2)10-16(14)33-21(18)25-26-27/h12H,3-11H2,1-2H3,(H,24,28). The van der Waals surface area contributed by atoms with Crippen molar-refractivity contribution in [1.82, 2.24) is 15.0 Å². The molecular formula is C23H26N4O4S2. The third kappa shape index (κ3) is 4.10. The van der Waals surface area contributed by atoms with Crippen molar-refractivity contribution in [3.05, 3.63) is 36.8 Å². The van der Waals surface area contributed by atoms with Gasteiger partial charge in [0.05, 0.1) is 17.6 Å². The number of amides is 1. The molecule has 0 fully saturated rings. The first kappa shape index (κ1) is 22.2. The minimum Gasteiger partial charge on any atom is -0.462 e. The van der Waals surface area contributed by atoms with Gasteiger partial charge in [0.2, 0.25) is 5.91 Å². The summed E-state index contributed by atoms with van der Waals surface area (Å²) < 4.78 is 6.38. The number of carbonyl (C=O) groups is 2. The minimum absolute atomic E-state index is 0.256. The highest BCUT2D eigenvalue weighted by Gasteiger charge is 2.28. The van der Waals surface area contributed by atoms with Gasteiger partial charge in [-0.25, -0.2) is 9.48 Å². The number of carbonyl (C=O) groups excluding carboxylic acids is 2. The number of fused-ring (bicyclic) bond motifs is 4. The Bertz CT molecular complexity index is 1310. The molecule has 2 aliphatic carbocycles. The quantitative estimate of drug-likeness (QED) is 0.551. The van der Waals surface area contributed by atoms with Crippen LogP contribution < -0.4 is 10.9 Å². The van der Waals surface area contributed by atoms with Gasteiger partial charge in [-0.2, -0.15) is 0 Å². The number of nitrogens with zero attached hydrogens (tertiary/aromatic N) is 3. The first-order chi connectivity index (χ1) is 16.0. The maximum atomic E-state index is 13.2. The maximum absolute atomic E-state index is 13.2. The van der Waals surface area contributed by atoms with E-state index >= 15 is 0 Å². The van der Waals surface area contributed by atoms with Crippen LogP contribution in [0.2, 0.25) is 0 Å². The monoisotopic (exact) mass is 486 g/mol. The van der Waals surface area contributed by atoms with Crippen LogP contribution in [0.15, 0.2) is 4.79 Å². The third-order valence-corrected chi connectivity index (χ3v) is 8.73. The molecule has 3 aromatic heterocycles. The second-order valence-electron chi connectivity index (χ2n) is 8.77. The molecule has 1 atom stereocenters. The molecule has 33 heavy (non-hydrogen) atoms. The summed E-state index contributed by atoms with van der Waals surface area (Å²) in [4.78, 5) is 41.7. The number of anilines is 1. The van der Waals surface area contributed by atoms with Crippen LogP contribution in [0.5, 0.6) is 0 Å². The summed E-state index contributed by atoms with van der Waals surface area (Å²) in [7, 11) is 0. The normalized spacial score (nSPS) is 17.5. The Morgan fingerprint density at radius 2 is 1.97 bits per heavy atom. The van der Waals surface area contributed by atoms with Crippen molar-refractivity contribution in [2.24, 2.45) is 5.92 Å². The number of esters is 1. The fraction of sp³-hybridized carbons (Fsp3) is 0.522. The molecule has 174 valence electrons. The molecule has 0 saturated heterocycles. The van der Waals surface area contributed by atoms with E-state index in [4.69, 9.17) is 4.74 Å². The lowest BCUT2D eigenvalue weighted by molar-refractivity contribution is -0.117. The predicted molar refractivity (Wildman–Crippen MR) is 128 cm³/mol. The second-order valence-corrected chi connectivity index (χ2v) is 11.0. The number of hydrogen-bond donors (Lipinski definition) is 1. The van der Waals surface area contributed by atoms with Crippen molar-refractivity contribution in [3.63, 3.8) is 0 Å². The predicted octanol–water partition coefficient (Wildman–Crippen LogP) is 3.73. The summed E-state index contributed by atoms with van der Waals surface area (Å²) in [5, 5.41) is 12.2. The van der Waals surface area contributed by atoms with Gasteiger partial charge in [-0.05, 0) is 68.9 Å². The summed E-state index contributed by atoms with van der Waals surface area (Å²) in [5.74, 6) is -0.228. The van der Waals surface area contributed by atoms with Crippen molar-refractivity contribution in [2.75, 3.05) is 11.9 Å². The van der Waals surface area contributed by atoms with Crippen LogP contribution in [0.4, 0.5) is 5.00 Å². The Labute approximate surface area is 199 Å². The van der Waals surface area contributed by atoms with E-state index in [1.807, 2.05) is 0 Å². The largest absolute Gasteiger partial charge is 0.462 e. The fourth-order valence-corrected chi connectivity index (χ4v) is 7.38. The molecule has 0 saturated carbocycles. The van der Waals surface area contributed by atoms with E-state index in [-0.39, 0.29) is 18.7 Å². The van der Waals surface area contributed by atoms with Crippen molar-refractivity contribution in [2.45, 2.75) is 65.3 Å². The Morgan fingerprint density at radius 3 is 2.79 bits per heavy atom. The molecule has 1 amide bonds. The van der Waals surface area contributed by atoms with E-state index < -0.39 is 11.9 Å². The molecule has 3 aromatic rings. The molecule has 8 nitrogen and oxygen atoms in total. The van der Waals surface area contributed by atoms with Gasteiger partial charge in [0, 0.05) is 9.75 Å². The lowest BCUT2D eigenvalue weighted by Gasteiger charge is -2.17. The molecule has 10 heteroatoms. The van der Waals surface area contributed by atoms with Crippen LogP contribution in [0.25, 0.3) is 10.2 Å². The zero-order valence-electron chi connectivity index (χ0n) is 18.7. The van der Waals surface area contributed by atoms with Gasteiger partial charge >= 0.3 is 5.97 Å². The summed E-state index contributed by atoms with van der Waals surface area (Å²) in [5.41, 5.74) is 2.23. The van der Waals surface area contributed by atoms with Crippen molar-refractivity contribution >= 4 is 49.8 Å². The molecule has 1 N–H and O–H groups in total. The van der Waals surface area contributed by atoms with Gasteiger partial charge in [0.25, 0.3) is 5.56 Å². The lowest BCUT2D eigenvalue weighted by atomic mass is 9.89. The molecule has 2 aliphatic rings. The number of aryl methyl sites for hydroxylation is 2.